The van der Waals surface area contributed by atoms with Gasteiger partial charge in [-0.2, -0.15) is 0 Å². The van der Waals surface area contributed by atoms with Gasteiger partial charge in [0, 0.05) is 12.6 Å². The fourth-order valence-corrected chi connectivity index (χ4v) is 2.39. The van der Waals surface area contributed by atoms with Crippen LogP contribution in [0.25, 0.3) is 0 Å². The second kappa shape index (κ2) is 4.33. The Bertz CT molecular complexity index is 544. The van der Waals surface area contributed by atoms with Gasteiger partial charge >= 0.3 is 0 Å². The standard InChI is InChI=1S/C13H14N2O3/c1-9-8-12(18-14-9)13(16)15-6-2-4-10(15)11-5-3-7-17-11/h3,5,7-8,10H,2,4,6H2,1H3/t10-/m0/s1. The number of hydrogen-bond acceptors (Lipinski definition) is 4. The van der Waals surface area contributed by atoms with Crippen molar-refractivity contribution >= 4 is 5.91 Å². The van der Waals surface area contributed by atoms with Crippen LogP contribution in [-0.2, 0) is 0 Å². The summed E-state index contributed by atoms with van der Waals surface area (Å²) in [5.41, 5.74) is 0.715. The lowest BCUT2D eigenvalue weighted by Crippen LogP contribution is -2.30. The van der Waals surface area contributed by atoms with E-state index in [-0.39, 0.29) is 11.9 Å². The maximum absolute atomic E-state index is 12.3. The van der Waals surface area contributed by atoms with E-state index in [1.165, 1.54) is 0 Å². The quantitative estimate of drug-likeness (QED) is 0.817. The van der Waals surface area contributed by atoms with Crippen molar-refractivity contribution in [2.45, 2.75) is 25.8 Å². The topological polar surface area (TPSA) is 59.5 Å². The molecule has 0 aliphatic carbocycles. The first-order chi connectivity index (χ1) is 8.75. The third-order valence-corrected chi connectivity index (χ3v) is 3.22. The Labute approximate surface area is 104 Å². The number of aromatic nitrogens is 1. The molecule has 0 radical (unpaired) electrons. The second-order valence-electron chi connectivity index (χ2n) is 4.50. The van der Waals surface area contributed by atoms with Gasteiger partial charge in [-0.15, -0.1) is 0 Å². The number of likely N-dealkylation sites (tertiary alicyclic amines) is 1. The van der Waals surface area contributed by atoms with Crippen LogP contribution in [0.15, 0.2) is 33.4 Å². The molecule has 0 aromatic carbocycles. The van der Waals surface area contributed by atoms with Crippen LogP contribution in [0.2, 0.25) is 0 Å². The number of rotatable bonds is 2. The molecule has 1 fully saturated rings. The predicted molar refractivity (Wildman–Crippen MR) is 63.0 cm³/mol. The molecule has 0 unspecified atom stereocenters. The van der Waals surface area contributed by atoms with E-state index in [1.807, 2.05) is 12.1 Å². The van der Waals surface area contributed by atoms with E-state index in [1.54, 1.807) is 24.2 Å². The van der Waals surface area contributed by atoms with Crippen molar-refractivity contribution in [3.8, 4) is 0 Å². The SMILES string of the molecule is Cc1cc(C(=O)N2CCC[C@H]2c2ccco2)on1. The van der Waals surface area contributed by atoms with E-state index in [0.29, 0.717) is 11.5 Å². The highest BCUT2D eigenvalue weighted by molar-refractivity contribution is 5.91. The predicted octanol–water partition coefficient (Wildman–Crippen LogP) is 2.55. The van der Waals surface area contributed by atoms with E-state index in [2.05, 4.69) is 5.16 Å². The first-order valence-corrected chi connectivity index (χ1v) is 6.03. The van der Waals surface area contributed by atoms with Gasteiger partial charge in [0.15, 0.2) is 0 Å². The van der Waals surface area contributed by atoms with E-state index in [0.717, 1.165) is 25.1 Å². The van der Waals surface area contributed by atoms with Gasteiger partial charge in [-0.1, -0.05) is 5.16 Å². The summed E-state index contributed by atoms with van der Waals surface area (Å²) in [6.07, 6.45) is 3.53. The average molecular weight is 246 g/mol. The zero-order chi connectivity index (χ0) is 12.5. The van der Waals surface area contributed by atoms with Crippen LogP contribution in [0.4, 0.5) is 0 Å². The first-order valence-electron chi connectivity index (χ1n) is 6.03. The molecule has 1 aliphatic heterocycles. The van der Waals surface area contributed by atoms with Crippen LogP contribution in [0.5, 0.6) is 0 Å². The van der Waals surface area contributed by atoms with Gasteiger partial charge in [-0.25, -0.2) is 0 Å². The lowest BCUT2D eigenvalue weighted by atomic mass is 10.1. The van der Waals surface area contributed by atoms with E-state index in [9.17, 15) is 4.79 Å². The summed E-state index contributed by atoms with van der Waals surface area (Å²) in [6, 6.07) is 5.43. The Morgan fingerprint density at radius 2 is 2.44 bits per heavy atom. The molecule has 5 heteroatoms. The number of carbonyl (C=O) groups is 1. The number of hydrogen-bond donors (Lipinski definition) is 0. The molecule has 0 spiro atoms. The van der Waals surface area contributed by atoms with Crippen molar-refractivity contribution in [3.63, 3.8) is 0 Å². The fraction of sp³-hybridized carbons (Fsp3) is 0.385. The minimum Gasteiger partial charge on any atom is -0.467 e. The van der Waals surface area contributed by atoms with Crippen molar-refractivity contribution in [2.75, 3.05) is 6.54 Å². The Hall–Kier alpha value is -2.04. The molecule has 2 aromatic heterocycles. The molecule has 18 heavy (non-hydrogen) atoms. The fourth-order valence-electron chi connectivity index (χ4n) is 2.39. The van der Waals surface area contributed by atoms with Gasteiger partial charge in [0.25, 0.3) is 5.91 Å². The normalized spacial score (nSPS) is 19.4. The van der Waals surface area contributed by atoms with Crippen LogP contribution >= 0.6 is 0 Å². The molecule has 1 aliphatic rings. The van der Waals surface area contributed by atoms with Gasteiger partial charge in [-0.05, 0) is 31.9 Å². The minimum atomic E-state index is -0.116. The Balaban J connectivity index is 1.85. The molecule has 1 saturated heterocycles. The highest BCUT2D eigenvalue weighted by Crippen LogP contribution is 2.33. The summed E-state index contributed by atoms with van der Waals surface area (Å²) in [4.78, 5) is 14.1. The van der Waals surface area contributed by atoms with Gasteiger partial charge in [0.1, 0.15) is 5.76 Å². The molecule has 3 rings (SSSR count). The number of nitrogens with zero attached hydrogens (tertiary/aromatic N) is 2. The number of amides is 1. The molecule has 2 aromatic rings. The summed E-state index contributed by atoms with van der Waals surface area (Å²) in [6.45, 7) is 2.53. The van der Waals surface area contributed by atoms with Gasteiger partial charge in [-0.3, -0.25) is 4.79 Å². The van der Waals surface area contributed by atoms with E-state index in [4.69, 9.17) is 8.94 Å². The average Bonchev–Trinajstić information content (AvgIpc) is 3.08. The van der Waals surface area contributed by atoms with Crippen molar-refractivity contribution < 1.29 is 13.7 Å². The maximum atomic E-state index is 12.3. The van der Waals surface area contributed by atoms with Crippen molar-refractivity contribution in [1.29, 1.82) is 0 Å². The zero-order valence-electron chi connectivity index (χ0n) is 10.1. The largest absolute Gasteiger partial charge is 0.467 e. The molecule has 94 valence electrons. The van der Waals surface area contributed by atoms with Crippen LogP contribution in [0.1, 0.15) is 40.9 Å². The van der Waals surface area contributed by atoms with Crippen molar-refractivity contribution in [3.05, 3.63) is 41.7 Å². The van der Waals surface area contributed by atoms with Crippen LogP contribution < -0.4 is 0 Å². The minimum absolute atomic E-state index is 0.0120. The summed E-state index contributed by atoms with van der Waals surface area (Å²) in [5.74, 6) is 1.01. The van der Waals surface area contributed by atoms with E-state index < -0.39 is 0 Å². The number of carbonyl (C=O) groups excluding carboxylic acids is 1. The van der Waals surface area contributed by atoms with Gasteiger partial charge < -0.3 is 13.8 Å². The molecule has 0 saturated carbocycles. The molecule has 1 amide bonds. The molecule has 0 bridgehead atoms. The van der Waals surface area contributed by atoms with Gasteiger partial charge in [0.2, 0.25) is 5.76 Å². The maximum Gasteiger partial charge on any atom is 0.293 e. The number of furan rings is 1. The monoisotopic (exact) mass is 246 g/mol. The second-order valence-corrected chi connectivity index (χ2v) is 4.50. The highest BCUT2D eigenvalue weighted by atomic mass is 16.5. The molecular weight excluding hydrogens is 232 g/mol. The van der Waals surface area contributed by atoms with Crippen molar-refractivity contribution in [1.82, 2.24) is 10.1 Å². The van der Waals surface area contributed by atoms with E-state index >= 15 is 0 Å². The van der Waals surface area contributed by atoms with Crippen LogP contribution in [-0.4, -0.2) is 22.5 Å². The molecular formula is C13H14N2O3. The van der Waals surface area contributed by atoms with Crippen molar-refractivity contribution in [2.24, 2.45) is 0 Å². The third-order valence-electron chi connectivity index (χ3n) is 3.22. The summed E-state index contributed by atoms with van der Waals surface area (Å²) in [5, 5.41) is 3.75. The van der Waals surface area contributed by atoms with Gasteiger partial charge in [0.05, 0.1) is 18.0 Å². The molecule has 5 nitrogen and oxygen atoms in total. The molecule has 3 heterocycles. The highest BCUT2D eigenvalue weighted by Gasteiger charge is 2.33. The lowest BCUT2D eigenvalue weighted by Gasteiger charge is -2.21. The summed E-state index contributed by atoms with van der Waals surface area (Å²) < 4.78 is 10.4. The molecule has 1 atom stereocenters. The number of aryl methyl sites for hydroxylation is 1. The lowest BCUT2D eigenvalue weighted by molar-refractivity contribution is 0.0677. The molecule has 0 N–H and O–H groups in total. The smallest absolute Gasteiger partial charge is 0.293 e. The third kappa shape index (κ3) is 1.81. The van der Waals surface area contributed by atoms with Crippen LogP contribution in [0, 0.1) is 6.92 Å². The Kier molecular flexibility index (Phi) is 2.66. The summed E-state index contributed by atoms with van der Waals surface area (Å²) in [7, 11) is 0. The zero-order valence-corrected chi connectivity index (χ0v) is 10.1. The Morgan fingerprint density at radius 3 is 3.11 bits per heavy atom. The van der Waals surface area contributed by atoms with Crippen LogP contribution in [0.3, 0.4) is 0 Å². The Morgan fingerprint density at radius 1 is 1.56 bits per heavy atom. The first kappa shape index (κ1) is 11.1. The summed E-state index contributed by atoms with van der Waals surface area (Å²) >= 11 is 0.